The molecule has 0 fully saturated rings. The fourth-order valence-electron chi connectivity index (χ4n) is 2.17. The Balaban J connectivity index is 2.24. The Bertz CT molecular complexity index is 561. The van der Waals surface area contributed by atoms with Gasteiger partial charge in [0.1, 0.15) is 5.03 Å². The van der Waals surface area contributed by atoms with E-state index in [4.69, 9.17) is 5.73 Å². The summed E-state index contributed by atoms with van der Waals surface area (Å²) in [7, 11) is 0. The van der Waals surface area contributed by atoms with Crippen molar-refractivity contribution in [1.29, 1.82) is 0 Å². The second-order valence-electron chi connectivity index (χ2n) is 5.21. The summed E-state index contributed by atoms with van der Waals surface area (Å²) in [5.41, 5.74) is 9.72. The van der Waals surface area contributed by atoms with Gasteiger partial charge in [0.2, 0.25) is 0 Å². The number of rotatable bonds is 5. The van der Waals surface area contributed by atoms with Gasteiger partial charge in [-0.05, 0) is 56.0 Å². The highest BCUT2D eigenvalue weighted by atomic mass is 32.2. The van der Waals surface area contributed by atoms with Gasteiger partial charge in [0, 0.05) is 16.6 Å². The summed E-state index contributed by atoms with van der Waals surface area (Å²) in [5, 5.41) is 1.06. The van der Waals surface area contributed by atoms with Crippen molar-refractivity contribution in [3.05, 3.63) is 53.2 Å². The number of hydrogen-bond donors (Lipinski definition) is 1. The first kappa shape index (κ1) is 15.1. The molecule has 1 heterocycles. The van der Waals surface area contributed by atoms with E-state index in [0.717, 1.165) is 23.6 Å². The minimum Gasteiger partial charge on any atom is -0.327 e. The van der Waals surface area contributed by atoms with Crippen LogP contribution in [0.5, 0.6) is 0 Å². The van der Waals surface area contributed by atoms with Crippen molar-refractivity contribution < 1.29 is 0 Å². The zero-order chi connectivity index (χ0) is 14.5. The standard InChI is InChI=1S/C17H22N2S/c1-4-15(18)11-14-7-5-6-8-16(14)20-17-10-12(2)9-13(3)19-17/h5-10,15H,4,11,18H2,1-3H3. The maximum atomic E-state index is 6.09. The van der Waals surface area contributed by atoms with E-state index in [1.165, 1.54) is 16.0 Å². The highest BCUT2D eigenvalue weighted by Crippen LogP contribution is 2.30. The van der Waals surface area contributed by atoms with Gasteiger partial charge in [0.15, 0.2) is 0 Å². The molecule has 1 atom stereocenters. The van der Waals surface area contributed by atoms with Crippen LogP contribution in [0.15, 0.2) is 46.3 Å². The quantitative estimate of drug-likeness (QED) is 0.898. The smallest absolute Gasteiger partial charge is 0.101 e. The first-order valence-corrected chi connectivity index (χ1v) is 7.86. The lowest BCUT2D eigenvalue weighted by atomic mass is 10.1. The van der Waals surface area contributed by atoms with Gasteiger partial charge in [-0.2, -0.15) is 0 Å². The van der Waals surface area contributed by atoms with Crippen molar-refractivity contribution in [3.63, 3.8) is 0 Å². The van der Waals surface area contributed by atoms with Crippen LogP contribution in [0.1, 0.15) is 30.2 Å². The van der Waals surface area contributed by atoms with E-state index < -0.39 is 0 Å². The fraction of sp³-hybridized carbons (Fsp3) is 0.353. The van der Waals surface area contributed by atoms with Crippen molar-refractivity contribution in [2.75, 3.05) is 0 Å². The molecule has 2 N–H and O–H groups in total. The zero-order valence-electron chi connectivity index (χ0n) is 12.4. The fourth-order valence-corrected chi connectivity index (χ4v) is 3.26. The molecule has 0 saturated heterocycles. The number of nitrogens with zero attached hydrogens (tertiary/aromatic N) is 1. The molecule has 0 bridgehead atoms. The Labute approximate surface area is 125 Å². The summed E-state index contributed by atoms with van der Waals surface area (Å²) in [5.74, 6) is 0. The van der Waals surface area contributed by atoms with Crippen molar-refractivity contribution in [1.82, 2.24) is 4.98 Å². The molecular weight excluding hydrogens is 264 g/mol. The summed E-state index contributed by atoms with van der Waals surface area (Å²) in [6, 6.07) is 12.9. The molecule has 106 valence electrons. The van der Waals surface area contributed by atoms with Gasteiger partial charge in [0.05, 0.1) is 0 Å². The lowest BCUT2D eigenvalue weighted by Crippen LogP contribution is -2.21. The maximum absolute atomic E-state index is 6.09. The van der Waals surface area contributed by atoms with E-state index >= 15 is 0 Å². The minimum absolute atomic E-state index is 0.226. The van der Waals surface area contributed by atoms with Gasteiger partial charge >= 0.3 is 0 Å². The topological polar surface area (TPSA) is 38.9 Å². The van der Waals surface area contributed by atoms with Gasteiger partial charge in [0.25, 0.3) is 0 Å². The summed E-state index contributed by atoms with van der Waals surface area (Å²) in [6.07, 6.45) is 1.92. The third-order valence-corrected chi connectivity index (χ3v) is 4.30. The van der Waals surface area contributed by atoms with E-state index in [2.05, 4.69) is 55.2 Å². The molecule has 0 saturated carbocycles. The van der Waals surface area contributed by atoms with Crippen molar-refractivity contribution in [2.24, 2.45) is 5.73 Å². The summed E-state index contributed by atoms with van der Waals surface area (Å²) >= 11 is 1.73. The molecule has 2 aromatic rings. The lowest BCUT2D eigenvalue weighted by Gasteiger charge is -2.13. The molecule has 0 aliphatic carbocycles. The van der Waals surface area contributed by atoms with Crippen LogP contribution in [-0.4, -0.2) is 11.0 Å². The second-order valence-corrected chi connectivity index (χ2v) is 6.27. The van der Waals surface area contributed by atoms with E-state index in [-0.39, 0.29) is 6.04 Å². The molecule has 1 aromatic carbocycles. The summed E-state index contributed by atoms with van der Waals surface area (Å²) < 4.78 is 0. The van der Waals surface area contributed by atoms with Crippen LogP contribution in [0.4, 0.5) is 0 Å². The zero-order valence-corrected chi connectivity index (χ0v) is 13.2. The van der Waals surface area contributed by atoms with Gasteiger partial charge in [-0.15, -0.1) is 0 Å². The van der Waals surface area contributed by atoms with E-state index in [1.807, 2.05) is 6.92 Å². The van der Waals surface area contributed by atoms with E-state index in [9.17, 15) is 0 Å². The molecule has 1 aromatic heterocycles. The molecule has 20 heavy (non-hydrogen) atoms. The van der Waals surface area contributed by atoms with Crippen molar-refractivity contribution in [3.8, 4) is 0 Å². The SMILES string of the molecule is CCC(N)Cc1ccccc1Sc1cc(C)cc(C)n1. The van der Waals surface area contributed by atoms with E-state index in [0.29, 0.717) is 0 Å². The number of nitrogens with two attached hydrogens (primary N) is 1. The average Bonchev–Trinajstić information content (AvgIpc) is 2.39. The summed E-state index contributed by atoms with van der Waals surface area (Å²) in [4.78, 5) is 5.86. The average molecular weight is 286 g/mol. The maximum Gasteiger partial charge on any atom is 0.101 e. The highest BCUT2D eigenvalue weighted by Gasteiger charge is 2.09. The van der Waals surface area contributed by atoms with Crippen LogP contribution in [0.2, 0.25) is 0 Å². The van der Waals surface area contributed by atoms with E-state index in [1.54, 1.807) is 11.8 Å². The first-order valence-electron chi connectivity index (χ1n) is 7.05. The number of aryl methyl sites for hydroxylation is 2. The molecule has 2 rings (SSSR count). The number of aromatic nitrogens is 1. The molecule has 2 nitrogen and oxygen atoms in total. The van der Waals surface area contributed by atoms with Gasteiger partial charge in [-0.3, -0.25) is 0 Å². The molecule has 0 amide bonds. The second kappa shape index (κ2) is 6.91. The Hall–Kier alpha value is -1.32. The molecule has 0 spiro atoms. The normalized spacial score (nSPS) is 12.4. The molecule has 1 unspecified atom stereocenters. The largest absolute Gasteiger partial charge is 0.327 e. The van der Waals surface area contributed by atoms with Crippen LogP contribution in [0.25, 0.3) is 0 Å². The first-order chi connectivity index (χ1) is 9.58. The number of benzene rings is 1. The molecule has 0 aliphatic heterocycles. The Morgan fingerprint density at radius 3 is 2.65 bits per heavy atom. The van der Waals surface area contributed by atoms with Crippen LogP contribution < -0.4 is 5.73 Å². The minimum atomic E-state index is 0.226. The molecular formula is C17H22N2S. The lowest BCUT2D eigenvalue weighted by molar-refractivity contribution is 0.641. The monoisotopic (exact) mass is 286 g/mol. The van der Waals surface area contributed by atoms with Crippen molar-refractivity contribution >= 4 is 11.8 Å². The Kier molecular flexibility index (Phi) is 5.21. The number of pyridine rings is 1. The van der Waals surface area contributed by atoms with Crippen LogP contribution in [0.3, 0.4) is 0 Å². The number of hydrogen-bond acceptors (Lipinski definition) is 3. The predicted molar refractivity (Wildman–Crippen MR) is 86.2 cm³/mol. The molecule has 0 aliphatic rings. The van der Waals surface area contributed by atoms with Crippen molar-refractivity contribution in [2.45, 2.75) is 49.6 Å². The van der Waals surface area contributed by atoms with Crippen LogP contribution in [-0.2, 0) is 6.42 Å². The highest BCUT2D eigenvalue weighted by molar-refractivity contribution is 7.99. The third-order valence-electron chi connectivity index (χ3n) is 3.27. The Morgan fingerprint density at radius 1 is 1.20 bits per heavy atom. The predicted octanol–water partition coefficient (Wildman–Crippen LogP) is 4.13. The third kappa shape index (κ3) is 4.09. The Morgan fingerprint density at radius 2 is 1.95 bits per heavy atom. The molecule has 0 radical (unpaired) electrons. The van der Waals surface area contributed by atoms with Crippen LogP contribution >= 0.6 is 11.8 Å². The van der Waals surface area contributed by atoms with Gasteiger partial charge in [-0.1, -0.05) is 36.9 Å². The molecule has 3 heteroatoms. The summed E-state index contributed by atoms with van der Waals surface area (Å²) in [6.45, 7) is 6.28. The van der Waals surface area contributed by atoms with Gasteiger partial charge < -0.3 is 5.73 Å². The van der Waals surface area contributed by atoms with Crippen LogP contribution in [0, 0.1) is 13.8 Å². The van der Waals surface area contributed by atoms with Gasteiger partial charge in [-0.25, -0.2) is 4.98 Å².